The van der Waals surface area contributed by atoms with Crippen molar-refractivity contribution in [3.05, 3.63) is 118 Å². The number of fused-ring (bicyclic) bond motifs is 1. The standard InChI is InChI=1S/C36H39N3O5/c1-3-4-20-43-21-22-44-32-14-9-26(10-15-32)28-11-16-33-30(23-28)24-29(17-18-37-33)36(41)38-31-12-7-27(8-13-31)35(40)34-25(2)6-5-19-39(34)42/h5-16,19,23-24,35,37,40H,3-4,17-18,20-22H2,1-2H3,(H,38,41). The number of hydrogen-bond donors (Lipinski definition) is 3. The Bertz CT molecular complexity index is 1580. The molecule has 1 aromatic heterocycles. The first kappa shape index (κ1) is 30.8. The molecule has 1 unspecified atom stereocenters. The van der Waals surface area contributed by atoms with E-state index in [1.165, 1.54) is 6.20 Å². The SMILES string of the molecule is CCCCOCCOc1ccc(-c2ccc3c(c2)C=C(C(=O)Nc2ccc(C(O)c4c(C)ccc[n+]4[O-])cc2)CCN3)cc1. The van der Waals surface area contributed by atoms with Gasteiger partial charge in [-0.1, -0.05) is 43.7 Å². The van der Waals surface area contributed by atoms with Crippen molar-refractivity contribution in [1.82, 2.24) is 0 Å². The highest BCUT2D eigenvalue weighted by molar-refractivity contribution is 6.07. The number of carbonyl (C=O) groups excluding carboxylic acids is 1. The zero-order valence-electron chi connectivity index (χ0n) is 25.2. The molecule has 0 radical (unpaired) electrons. The quantitative estimate of drug-likeness (QED) is 0.0996. The summed E-state index contributed by atoms with van der Waals surface area (Å²) in [5.41, 5.74) is 6.83. The molecule has 2 heterocycles. The molecule has 4 aromatic rings. The van der Waals surface area contributed by atoms with Crippen LogP contribution in [-0.2, 0) is 9.53 Å². The van der Waals surface area contributed by atoms with Crippen LogP contribution in [0.1, 0.15) is 54.7 Å². The van der Waals surface area contributed by atoms with Crippen LogP contribution in [-0.4, -0.2) is 37.4 Å². The van der Waals surface area contributed by atoms with Gasteiger partial charge in [0.15, 0.2) is 12.3 Å². The molecule has 5 rings (SSSR count). The van der Waals surface area contributed by atoms with E-state index >= 15 is 0 Å². The Hall–Kier alpha value is -4.66. The van der Waals surface area contributed by atoms with Gasteiger partial charge in [-0.3, -0.25) is 4.79 Å². The minimum absolute atomic E-state index is 0.185. The van der Waals surface area contributed by atoms with Crippen molar-refractivity contribution in [1.29, 1.82) is 0 Å². The molecule has 0 saturated carbocycles. The molecule has 3 N–H and O–H groups in total. The normalized spacial score (nSPS) is 13.2. The maximum Gasteiger partial charge on any atom is 0.251 e. The van der Waals surface area contributed by atoms with Crippen LogP contribution in [0.15, 0.2) is 90.6 Å². The molecule has 44 heavy (non-hydrogen) atoms. The van der Waals surface area contributed by atoms with Gasteiger partial charge in [0.1, 0.15) is 12.4 Å². The molecule has 3 aromatic carbocycles. The molecule has 8 heteroatoms. The second kappa shape index (κ2) is 14.7. The summed E-state index contributed by atoms with van der Waals surface area (Å²) in [6.45, 7) is 6.43. The van der Waals surface area contributed by atoms with Crippen LogP contribution >= 0.6 is 0 Å². The Labute approximate surface area is 258 Å². The summed E-state index contributed by atoms with van der Waals surface area (Å²) in [5, 5.41) is 29.4. The number of aliphatic hydroxyl groups excluding tert-OH is 1. The third kappa shape index (κ3) is 7.64. The first-order chi connectivity index (χ1) is 21.4. The molecular formula is C36H39N3O5. The molecular weight excluding hydrogens is 554 g/mol. The van der Waals surface area contributed by atoms with Gasteiger partial charge in [-0.15, -0.1) is 0 Å². The third-order valence-electron chi connectivity index (χ3n) is 7.66. The van der Waals surface area contributed by atoms with Gasteiger partial charge in [-0.05, 0) is 90.6 Å². The molecule has 0 saturated heterocycles. The van der Waals surface area contributed by atoms with Crippen LogP contribution in [0.5, 0.6) is 5.75 Å². The lowest BCUT2D eigenvalue weighted by Gasteiger charge is -2.14. The smallest absolute Gasteiger partial charge is 0.251 e. The summed E-state index contributed by atoms with van der Waals surface area (Å²) >= 11 is 0. The molecule has 1 aliphatic rings. The number of amides is 1. The Balaban J connectivity index is 1.24. The summed E-state index contributed by atoms with van der Waals surface area (Å²) in [4.78, 5) is 13.3. The number of hydrogen-bond acceptors (Lipinski definition) is 6. The van der Waals surface area contributed by atoms with E-state index in [9.17, 15) is 15.1 Å². The molecule has 228 valence electrons. The molecule has 0 aliphatic carbocycles. The average molecular weight is 594 g/mol. The number of ether oxygens (including phenoxy) is 2. The molecule has 0 bridgehead atoms. The number of aliphatic hydroxyl groups is 1. The van der Waals surface area contributed by atoms with Gasteiger partial charge in [0.25, 0.3) is 5.91 Å². The molecule has 1 aliphatic heterocycles. The van der Waals surface area contributed by atoms with Crippen LogP contribution in [0.2, 0.25) is 0 Å². The predicted octanol–water partition coefficient (Wildman–Crippen LogP) is 6.41. The van der Waals surface area contributed by atoms with Crippen LogP contribution in [0.25, 0.3) is 17.2 Å². The Morgan fingerprint density at radius 1 is 1.02 bits per heavy atom. The maximum atomic E-state index is 13.3. The van der Waals surface area contributed by atoms with E-state index in [0.29, 0.717) is 53.3 Å². The number of nitrogens with one attached hydrogen (secondary N) is 2. The first-order valence-corrected chi connectivity index (χ1v) is 15.1. The van der Waals surface area contributed by atoms with Gasteiger partial charge < -0.3 is 30.4 Å². The van der Waals surface area contributed by atoms with Crippen LogP contribution in [0.4, 0.5) is 11.4 Å². The Kier molecular flexibility index (Phi) is 10.3. The number of carbonyl (C=O) groups is 1. The minimum atomic E-state index is -1.07. The van der Waals surface area contributed by atoms with Gasteiger partial charge >= 0.3 is 0 Å². The maximum absolute atomic E-state index is 13.3. The van der Waals surface area contributed by atoms with Crippen molar-refractivity contribution in [2.24, 2.45) is 0 Å². The predicted molar refractivity (Wildman–Crippen MR) is 173 cm³/mol. The lowest BCUT2D eigenvalue weighted by molar-refractivity contribution is -0.618. The van der Waals surface area contributed by atoms with E-state index in [4.69, 9.17) is 9.47 Å². The van der Waals surface area contributed by atoms with E-state index in [2.05, 4.69) is 29.7 Å². The van der Waals surface area contributed by atoms with Crippen molar-refractivity contribution < 1.29 is 24.1 Å². The monoisotopic (exact) mass is 593 g/mol. The summed E-state index contributed by atoms with van der Waals surface area (Å²) in [7, 11) is 0. The van der Waals surface area contributed by atoms with Gasteiger partial charge in [0, 0.05) is 41.7 Å². The fraction of sp³-hybridized carbons (Fsp3) is 0.278. The van der Waals surface area contributed by atoms with Crippen molar-refractivity contribution >= 4 is 23.4 Å². The number of anilines is 2. The lowest BCUT2D eigenvalue weighted by Crippen LogP contribution is -2.34. The van der Waals surface area contributed by atoms with Gasteiger partial charge in [0.05, 0.1) is 6.61 Å². The highest BCUT2D eigenvalue weighted by Gasteiger charge is 2.22. The topological polar surface area (TPSA) is 107 Å². The number of pyridine rings is 1. The highest BCUT2D eigenvalue weighted by Crippen LogP contribution is 2.31. The van der Waals surface area contributed by atoms with Gasteiger partial charge in [0.2, 0.25) is 5.69 Å². The van der Waals surface area contributed by atoms with E-state index in [-0.39, 0.29) is 11.6 Å². The molecule has 1 amide bonds. The average Bonchev–Trinajstić information content (AvgIpc) is 3.25. The van der Waals surface area contributed by atoms with Crippen molar-refractivity contribution in [3.63, 3.8) is 0 Å². The second-order valence-corrected chi connectivity index (χ2v) is 10.9. The Morgan fingerprint density at radius 2 is 1.80 bits per heavy atom. The highest BCUT2D eigenvalue weighted by atomic mass is 16.5. The Morgan fingerprint density at radius 3 is 2.55 bits per heavy atom. The summed E-state index contributed by atoms with van der Waals surface area (Å²) in [6, 6.07) is 24.5. The van der Waals surface area contributed by atoms with Gasteiger partial charge in [-0.25, -0.2) is 0 Å². The number of aromatic nitrogens is 1. The van der Waals surface area contributed by atoms with E-state index in [0.717, 1.165) is 47.6 Å². The number of benzene rings is 3. The first-order valence-electron chi connectivity index (χ1n) is 15.1. The summed E-state index contributed by atoms with van der Waals surface area (Å²) in [5.74, 6) is 0.615. The second-order valence-electron chi connectivity index (χ2n) is 10.9. The zero-order chi connectivity index (χ0) is 30.9. The van der Waals surface area contributed by atoms with E-state index in [1.54, 1.807) is 43.3 Å². The molecule has 0 spiro atoms. The number of aryl methyl sites for hydroxylation is 1. The third-order valence-corrected chi connectivity index (χ3v) is 7.66. The lowest BCUT2D eigenvalue weighted by atomic mass is 10.00. The van der Waals surface area contributed by atoms with E-state index in [1.807, 2.05) is 36.4 Å². The number of nitrogens with zero attached hydrogens (tertiary/aromatic N) is 1. The van der Waals surface area contributed by atoms with Crippen LogP contribution < -0.4 is 20.1 Å². The van der Waals surface area contributed by atoms with Gasteiger partial charge in [-0.2, -0.15) is 4.73 Å². The number of rotatable bonds is 12. The van der Waals surface area contributed by atoms with E-state index < -0.39 is 6.10 Å². The molecule has 0 fully saturated rings. The van der Waals surface area contributed by atoms with Crippen molar-refractivity contribution in [2.75, 3.05) is 37.0 Å². The fourth-order valence-electron chi connectivity index (χ4n) is 5.16. The zero-order valence-corrected chi connectivity index (χ0v) is 25.2. The van der Waals surface area contributed by atoms with Crippen LogP contribution in [0, 0.1) is 12.1 Å². The molecule has 8 nitrogen and oxygen atoms in total. The van der Waals surface area contributed by atoms with Crippen molar-refractivity contribution in [2.45, 2.75) is 39.2 Å². The summed E-state index contributed by atoms with van der Waals surface area (Å²) < 4.78 is 12.1. The van der Waals surface area contributed by atoms with Crippen molar-refractivity contribution in [3.8, 4) is 16.9 Å². The largest absolute Gasteiger partial charge is 0.618 e. The van der Waals surface area contributed by atoms with Crippen LogP contribution in [0.3, 0.4) is 0 Å². The molecule has 1 atom stereocenters. The number of unbranched alkanes of at least 4 members (excludes halogenated alkanes) is 1. The minimum Gasteiger partial charge on any atom is -0.618 e. The summed E-state index contributed by atoms with van der Waals surface area (Å²) in [6.07, 6.45) is 4.99. The fourth-order valence-corrected chi connectivity index (χ4v) is 5.16.